The van der Waals surface area contributed by atoms with Crippen molar-refractivity contribution >= 4 is 16.0 Å². The Labute approximate surface area is 125 Å². The molecule has 0 saturated carbocycles. The summed E-state index contributed by atoms with van der Waals surface area (Å²) in [5.41, 5.74) is -0.828. The van der Waals surface area contributed by atoms with Crippen LogP contribution in [-0.4, -0.2) is 27.1 Å². The third-order valence-electron chi connectivity index (χ3n) is 3.26. The van der Waals surface area contributed by atoms with Crippen LogP contribution in [0.15, 0.2) is 24.3 Å². The van der Waals surface area contributed by atoms with Gasteiger partial charge in [-0.1, -0.05) is 12.1 Å². The molecule has 0 aliphatic carbocycles. The highest BCUT2D eigenvalue weighted by atomic mass is 32.2. The summed E-state index contributed by atoms with van der Waals surface area (Å²) in [6.45, 7) is 0.148. The highest BCUT2D eigenvalue weighted by molar-refractivity contribution is 7.86. The monoisotopic (exact) mass is 337 g/mol. The lowest BCUT2D eigenvalue weighted by Gasteiger charge is -2.22. The highest BCUT2D eigenvalue weighted by Crippen LogP contribution is 2.36. The normalized spacial score (nSPS) is 20.7. The fraction of sp³-hybridized carbons (Fsp3) is 0.462. The van der Waals surface area contributed by atoms with Crippen molar-refractivity contribution in [3.63, 3.8) is 0 Å². The SMILES string of the molecule is CS(=O)(=O)OC(c1cccc(C(F)(F)F)c1)C1CNC(=O)C1. The van der Waals surface area contributed by atoms with Crippen LogP contribution in [0, 0.1) is 5.92 Å². The molecule has 0 bridgehead atoms. The van der Waals surface area contributed by atoms with Crippen molar-refractivity contribution in [1.29, 1.82) is 0 Å². The first-order chi connectivity index (χ1) is 10.1. The molecule has 1 aromatic carbocycles. The second-order valence-corrected chi connectivity index (χ2v) is 6.71. The van der Waals surface area contributed by atoms with Crippen LogP contribution in [0.3, 0.4) is 0 Å². The predicted octanol–water partition coefficient (Wildman–Crippen LogP) is 1.86. The van der Waals surface area contributed by atoms with Crippen LogP contribution in [0.25, 0.3) is 0 Å². The molecule has 2 atom stereocenters. The van der Waals surface area contributed by atoms with Crippen LogP contribution in [0.1, 0.15) is 23.7 Å². The lowest BCUT2D eigenvalue weighted by molar-refractivity contribution is -0.137. The lowest BCUT2D eigenvalue weighted by atomic mass is 9.94. The van der Waals surface area contributed by atoms with Crippen molar-refractivity contribution in [2.45, 2.75) is 18.7 Å². The van der Waals surface area contributed by atoms with Crippen LogP contribution in [-0.2, 0) is 25.3 Å². The molecule has 1 fully saturated rings. The minimum Gasteiger partial charge on any atom is -0.356 e. The molecule has 1 saturated heterocycles. The zero-order valence-electron chi connectivity index (χ0n) is 11.6. The molecule has 1 heterocycles. The van der Waals surface area contributed by atoms with Gasteiger partial charge in [0.2, 0.25) is 5.91 Å². The number of alkyl halides is 3. The Kier molecular flexibility index (Phi) is 4.48. The number of hydrogen-bond donors (Lipinski definition) is 1. The van der Waals surface area contributed by atoms with Crippen LogP contribution in [0.2, 0.25) is 0 Å². The zero-order valence-corrected chi connectivity index (χ0v) is 12.4. The Morgan fingerprint density at radius 1 is 1.36 bits per heavy atom. The number of amides is 1. The molecule has 2 unspecified atom stereocenters. The topological polar surface area (TPSA) is 72.5 Å². The molecular weight excluding hydrogens is 323 g/mol. The molecule has 0 spiro atoms. The van der Waals surface area contributed by atoms with Crippen molar-refractivity contribution in [3.8, 4) is 0 Å². The van der Waals surface area contributed by atoms with Crippen molar-refractivity contribution in [3.05, 3.63) is 35.4 Å². The average molecular weight is 337 g/mol. The third-order valence-corrected chi connectivity index (χ3v) is 3.82. The van der Waals surface area contributed by atoms with Gasteiger partial charge in [-0.05, 0) is 17.7 Å². The largest absolute Gasteiger partial charge is 0.416 e. The number of carbonyl (C=O) groups is 1. The van der Waals surface area contributed by atoms with Crippen LogP contribution in [0.4, 0.5) is 13.2 Å². The summed E-state index contributed by atoms with van der Waals surface area (Å²) < 4.78 is 66.1. The maximum absolute atomic E-state index is 12.8. The van der Waals surface area contributed by atoms with Gasteiger partial charge in [-0.15, -0.1) is 0 Å². The van der Waals surface area contributed by atoms with Gasteiger partial charge in [0.05, 0.1) is 11.8 Å². The Bertz CT molecular complexity index is 672. The van der Waals surface area contributed by atoms with E-state index in [1.54, 1.807) is 0 Å². The van der Waals surface area contributed by atoms with Gasteiger partial charge in [0.25, 0.3) is 10.1 Å². The maximum atomic E-state index is 12.8. The summed E-state index contributed by atoms with van der Waals surface area (Å²) >= 11 is 0. The second kappa shape index (κ2) is 5.88. The van der Waals surface area contributed by atoms with Crippen LogP contribution in [0.5, 0.6) is 0 Å². The van der Waals surface area contributed by atoms with Gasteiger partial charge in [0, 0.05) is 18.9 Å². The van der Waals surface area contributed by atoms with Gasteiger partial charge >= 0.3 is 6.18 Å². The molecule has 5 nitrogen and oxygen atoms in total. The Hall–Kier alpha value is -1.61. The van der Waals surface area contributed by atoms with E-state index in [-0.39, 0.29) is 24.4 Å². The average Bonchev–Trinajstić information content (AvgIpc) is 2.81. The number of benzene rings is 1. The molecule has 122 valence electrons. The number of halogens is 3. The van der Waals surface area contributed by atoms with Gasteiger partial charge in [0.1, 0.15) is 6.10 Å². The van der Waals surface area contributed by atoms with E-state index in [1.165, 1.54) is 12.1 Å². The van der Waals surface area contributed by atoms with Crippen molar-refractivity contribution < 1.29 is 30.6 Å². The minimum atomic E-state index is -4.55. The lowest BCUT2D eigenvalue weighted by Crippen LogP contribution is -2.22. The molecule has 2 rings (SSSR count). The van der Waals surface area contributed by atoms with Crippen molar-refractivity contribution in [1.82, 2.24) is 5.32 Å². The van der Waals surface area contributed by atoms with E-state index < -0.39 is 33.9 Å². The molecule has 1 aromatic rings. The first-order valence-electron chi connectivity index (χ1n) is 6.38. The quantitative estimate of drug-likeness (QED) is 0.851. The molecule has 0 radical (unpaired) electrons. The molecule has 1 aliphatic heterocycles. The number of rotatable bonds is 4. The van der Waals surface area contributed by atoms with Crippen LogP contribution >= 0.6 is 0 Å². The molecule has 0 aromatic heterocycles. The highest BCUT2D eigenvalue weighted by Gasteiger charge is 2.36. The van der Waals surface area contributed by atoms with Crippen LogP contribution < -0.4 is 5.32 Å². The second-order valence-electron chi connectivity index (χ2n) is 5.11. The summed E-state index contributed by atoms with van der Waals surface area (Å²) in [5.74, 6) is -0.843. The van der Waals surface area contributed by atoms with E-state index in [4.69, 9.17) is 4.18 Å². The van der Waals surface area contributed by atoms with E-state index in [1.807, 2.05) is 0 Å². The van der Waals surface area contributed by atoms with E-state index >= 15 is 0 Å². The van der Waals surface area contributed by atoms with Gasteiger partial charge in [-0.3, -0.25) is 8.98 Å². The summed E-state index contributed by atoms with van der Waals surface area (Å²) in [7, 11) is -3.90. The number of nitrogens with one attached hydrogen (secondary N) is 1. The summed E-state index contributed by atoms with van der Waals surface area (Å²) in [4.78, 5) is 11.3. The van der Waals surface area contributed by atoms with E-state index in [2.05, 4.69) is 5.32 Å². The fourth-order valence-corrected chi connectivity index (χ4v) is 2.97. The number of hydrogen-bond acceptors (Lipinski definition) is 4. The molecule has 1 aliphatic rings. The summed E-state index contributed by atoms with van der Waals surface area (Å²) in [6, 6.07) is 4.27. The molecule has 1 amide bonds. The maximum Gasteiger partial charge on any atom is 0.416 e. The van der Waals surface area contributed by atoms with Gasteiger partial charge in [-0.2, -0.15) is 21.6 Å². The first kappa shape index (κ1) is 16.8. The summed E-state index contributed by atoms with van der Waals surface area (Å²) in [6.07, 6.45) is -4.87. The number of carbonyl (C=O) groups excluding carboxylic acids is 1. The fourth-order valence-electron chi connectivity index (χ4n) is 2.33. The molecule has 1 N–H and O–H groups in total. The van der Waals surface area contributed by atoms with Gasteiger partial charge in [0.15, 0.2) is 0 Å². The van der Waals surface area contributed by atoms with Gasteiger partial charge in [-0.25, -0.2) is 0 Å². The van der Waals surface area contributed by atoms with Gasteiger partial charge < -0.3 is 5.32 Å². The third kappa shape index (κ3) is 4.20. The Morgan fingerprint density at radius 3 is 2.55 bits per heavy atom. The molecular formula is C13H14F3NO4S. The van der Waals surface area contributed by atoms with E-state index in [0.717, 1.165) is 18.4 Å². The first-order valence-corrected chi connectivity index (χ1v) is 8.20. The molecule has 9 heteroatoms. The predicted molar refractivity (Wildman–Crippen MR) is 71.2 cm³/mol. The Balaban J connectivity index is 2.38. The van der Waals surface area contributed by atoms with Crippen molar-refractivity contribution in [2.75, 3.05) is 12.8 Å². The summed E-state index contributed by atoms with van der Waals surface area (Å²) in [5, 5.41) is 2.51. The van der Waals surface area contributed by atoms with E-state index in [9.17, 15) is 26.4 Å². The van der Waals surface area contributed by atoms with E-state index in [0.29, 0.717) is 0 Å². The standard InChI is InChI=1S/C13H14F3NO4S/c1-22(19,20)21-12(9-6-11(18)17-7-9)8-3-2-4-10(5-8)13(14,15)16/h2-5,9,12H,6-7H2,1H3,(H,17,18). The van der Waals surface area contributed by atoms with Crippen molar-refractivity contribution in [2.24, 2.45) is 5.92 Å². The zero-order chi connectivity index (χ0) is 16.5. The molecule has 22 heavy (non-hydrogen) atoms. The Morgan fingerprint density at radius 2 is 2.05 bits per heavy atom. The minimum absolute atomic E-state index is 0.00354. The smallest absolute Gasteiger partial charge is 0.356 e.